The number of carboxylic acids is 1. The lowest BCUT2D eigenvalue weighted by atomic mass is 10.3. The molecule has 0 unspecified atom stereocenters. The molecule has 0 rings (SSSR count). The normalized spacial score (nSPS) is 12.3. The Bertz CT molecular complexity index is 134. The molecule has 0 aromatic heterocycles. The van der Waals surface area contributed by atoms with E-state index in [2.05, 4.69) is 0 Å². The molecule has 0 amide bonds. The van der Waals surface area contributed by atoms with Crippen molar-refractivity contribution in [3.63, 3.8) is 0 Å². The highest BCUT2D eigenvalue weighted by molar-refractivity contribution is 5.79. The molecule has 1 N–H and O–H groups in total. The molecule has 0 aliphatic rings. The van der Waals surface area contributed by atoms with E-state index in [-0.39, 0.29) is 0 Å². The molecule has 0 aliphatic heterocycles. The smallest absolute Gasteiger partial charge is 0.328 e. The molecule has 0 aliphatic carbocycles. The van der Waals surface area contributed by atoms with Crippen LogP contribution in [-0.4, -0.2) is 17.0 Å². The van der Waals surface area contributed by atoms with E-state index in [0.29, 0.717) is 19.1 Å². The maximum absolute atomic E-state index is 11.7. The van der Waals surface area contributed by atoms with Crippen LogP contribution in [0.3, 0.4) is 0 Å². The van der Waals surface area contributed by atoms with Crippen LogP contribution >= 0.6 is 0 Å². The maximum atomic E-state index is 11.7. The van der Waals surface area contributed by atoms with Gasteiger partial charge in [-0.05, 0) is 6.08 Å². The fraction of sp³-hybridized carbons (Fsp3) is 0.400. The second-order valence-electron chi connectivity index (χ2n) is 1.63. The quantitative estimate of drug-likeness (QED) is 0.580. The van der Waals surface area contributed by atoms with Crippen LogP contribution in [0.4, 0.5) is 8.78 Å². The van der Waals surface area contributed by atoms with Crippen molar-refractivity contribution in [1.82, 2.24) is 0 Å². The summed E-state index contributed by atoms with van der Waals surface area (Å²) in [5.74, 6) is -4.39. The lowest BCUT2D eigenvalue weighted by molar-refractivity contribution is -0.131. The molecule has 0 aromatic carbocycles. The van der Waals surface area contributed by atoms with Crippen LogP contribution in [0.5, 0.6) is 0 Å². The van der Waals surface area contributed by atoms with Crippen LogP contribution in [-0.2, 0) is 4.79 Å². The van der Waals surface area contributed by atoms with Crippen molar-refractivity contribution in [2.45, 2.75) is 12.8 Å². The fourth-order valence-corrected chi connectivity index (χ4v) is 0.218. The van der Waals surface area contributed by atoms with Crippen LogP contribution in [0, 0.1) is 0 Å². The zero-order chi connectivity index (χ0) is 7.49. The van der Waals surface area contributed by atoms with Gasteiger partial charge in [-0.1, -0.05) is 0 Å². The number of alkyl halides is 2. The molecular weight excluding hydrogens is 130 g/mol. The first-order chi connectivity index (χ1) is 3.92. The Kier molecular flexibility index (Phi) is 2.30. The summed E-state index contributed by atoms with van der Waals surface area (Å²) in [5.41, 5.74) is 0. The third kappa shape index (κ3) is 7.07. The predicted octanol–water partition coefficient (Wildman–Crippen LogP) is 1.28. The van der Waals surface area contributed by atoms with Gasteiger partial charge >= 0.3 is 5.97 Å². The molecule has 0 bridgehead atoms. The van der Waals surface area contributed by atoms with E-state index in [4.69, 9.17) is 5.11 Å². The van der Waals surface area contributed by atoms with Gasteiger partial charge in [0.05, 0.1) is 0 Å². The molecule has 0 radical (unpaired) electrons. The zero-order valence-electron chi connectivity index (χ0n) is 4.77. The number of aliphatic carboxylic acids is 1. The Hall–Kier alpha value is -0.930. The molecule has 0 saturated heterocycles. The van der Waals surface area contributed by atoms with Gasteiger partial charge in [0.1, 0.15) is 0 Å². The number of carboxylic acid groups (broad SMARTS) is 1. The summed E-state index contributed by atoms with van der Waals surface area (Å²) in [6.45, 7) is 0.618. The number of hydrogen-bond acceptors (Lipinski definition) is 1. The second-order valence-corrected chi connectivity index (χ2v) is 1.63. The Morgan fingerprint density at radius 1 is 1.67 bits per heavy atom. The average molecular weight is 136 g/mol. The van der Waals surface area contributed by atoms with Gasteiger partial charge in [0.15, 0.2) is 0 Å². The molecule has 52 valence electrons. The van der Waals surface area contributed by atoms with Gasteiger partial charge in [-0.25, -0.2) is 13.6 Å². The summed E-state index contributed by atoms with van der Waals surface area (Å²) < 4.78 is 23.5. The Morgan fingerprint density at radius 3 is 2.22 bits per heavy atom. The number of hydrogen-bond donors (Lipinski definition) is 1. The van der Waals surface area contributed by atoms with Crippen molar-refractivity contribution in [3.05, 3.63) is 12.2 Å². The fourth-order valence-electron chi connectivity index (χ4n) is 0.218. The number of rotatable bonds is 2. The minimum atomic E-state index is -3.03. The third-order valence-corrected chi connectivity index (χ3v) is 0.519. The van der Waals surface area contributed by atoms with Crippen LogP contribution in [0.25, 0.3) is 0 Å². The van der Waals surface area contributed by atoms with Crippen molar-refractivity contribution >= 4 is 5.97 Å². The summed E-state index contributed by atoms with van der Waals surface area (Å²) in [6, 6.07) is 0. The second kappa shape index (κ2) is 2.57. The molecule has 0 aromatic rings. The summed E-state index contributed by atoms with van der Waals surface area (Å²) in [7, 11) is 0. The number of halogens is 2. The Morgan fingerprint density at radius 2 is 2.11 bits per heavy atom. The minimum absolute atomic E-state index is 0.329. The summed E-state index contributed by atoms with van der Waals surface area (Å²) >= 11 is 0. The van der Waals surface area contributed by atoms with Crippen LogP contribution < -0.4 is 0 Å². The molecular formula is C5H6F2O2. The average Bonchev–Trinajstić information content (AvgIpc) is 1.59. The summed E-state index contributed by atoms with van der Waals surface area (Å²) in [5, 5.41) is 7.86. The molecule has 2 nitrogen and oxygen atoms in total. The highest BCUT2D eigenvalue weighted by Gasteiger charge is 2.15. The van der Waals surface area contributed by atoms with E-state index in [9.17, 15) is 13.6 Å². The Balaban J connectivity index is 3.86. The van der Waals surface area contributed by atoms with Gasteiger partial charge in [0.2, 0.25) is 0 Å². The monoisotopic (exact) mass is 136 g/mol. The van der Waals surface area contributed by atoms with Gasteiger partial charge in [-0.3, -0.25) is 0 Å². The largest absolute Gasteiger partial charge is 0.478 e. The van der Waals surface area contributed by atoms with Gasteiger partial charge < -0.3 is 5.11 Å². The van der Waals surface area contributed by atoms with E-state index < -0.39 is 11.9 Å². The minimum Gasteiger partial charge on any atom is -0.478 e. The van der Waals surface area contributed by atoms with Gasteiger partial charge in [0, 0.05) is 13.0 Å². The molecule has 4 heteroatoms. The first kappa shape index (κ1) is 8.07. The van der Waals surface area contributed by atoms with Gasteiger partial charge in [-0.15, -0.1) is 0 Å². The summed E-state index contributed by atoms with van der Waals surface area (Å²) in [6.07, 6.45) is 0.745. The molecule has 9 heavy (non-hydrogen) atoms. The Labute approximate surface area is 50.8 Å². The van der Waals surface area contributed by atoms with Crippen molar-refractivity contribution in [2.24, 2.45) is 0 Å². The highest BCUT2D eigenvalue weighted by atomic mass is 19.3. The van der Waals surface area contributed by atoms with E-state index >= 15 is 0 Å². The molecule has 0 atom stereocenters. The zero-order valence-corrected chi connectivity index (χ0v) is 4.77. The lowest BCUT2D eigenvalue weighted by Crippen LogP contribution is -2.04. The SMILES string of the molecule is CC(F)(F)C=CC(=O)O. The standard InChI is InChI=1S/C5H6F2O2/c1-5(6,7)3-2-4(8)9/h2-3H,1H3,(H,8,9). The number of carbonyl (C=O) groups is 1. The molecule has 0 heterocycles. The third-order valence-electron chi connectivity index (χ3n) is 0.519. The molecule has 0 saturated carbocycles. The molecule has 0 fully saturated rings. The van der Waals surface area contributed by atoms with Gasteiger partial charge in [-0.2, -0.15) is 0 Å². The highest BCUT2D eigenvalue weighted by Crippen LogP contribution is 2.12. The predicted molar refractivity (Wildman–Crippen MR) is 27.4 cm³/mol. The maximum Gasteiger partial charge on any atom is 0.328 e. The summed E-state index contributed by atoms with van der Waals surface area (Å²) in [4.78, 5) is 9.63. The van der Waals surface area contributed by atoms with Crippen LogP contribution in [0.1, 0.15) is 6.92 Å². The van der Waals surface area contributed by atoms with E-state index in [1.54, 1.807) is 0 Å². The topological polar surface area (TPSA) is 37.3 Å². The van der Waals surface area contributed by atoms with Crippen molar-refractivity contribution < 1.29 is 18.7 Å². The van der Waals surface area contributed by atoms with Gasteiger partial charge in [0.25, 0.3) is 5.92 Å². The van der Waals surface area contributed by atoms with Crippen LogP contribution in [0.2, 0.25) is 0 Å². The van der Waals surface area contributed by atoms with Crippen molar-refractivity contribution in [1.29, 1.82) is 0 Å². The lowest BCUT2D eigenvalue weighted by Gasteiger charge is -1.99. The first-order valence-corrected chi connectivity index (χ1v) is 2.22. The van der Waals surface area contributed by atoms with E-state index in [1.165, 1.54) is 0 Å². The van der Waals surface area contributed by atoms with Crippen molar-refractivity contribution in [2.75, 3.05) is 0 Å². The van der Waals surface area contributed by atoms with Crippen molar-refractivity contribution in [3.8, 4) is 0 Å². The number of allylic oxidation sites excluding steroid dienone is 1. The molecule has 0 spiro atoms. The first-order valence-electron chi connectivity index (χ1n) is 2.22. The van der Waals surface area contributed by atoms with Crippen LogP contribution in [0.15, 0.2) is 12.2 Å². The van der Waals surface area contributed by atoms with E-state index in [1.807, 2.05) is 0 Å². The van der Waals surface area contributed by atoms with E-state index in [0.717, 1.165) is 0 Å².